The van der Waals surface area contributed by atoms with Crippen LogP contribution >= 0.6 is 15.9 Å². The van der Waals surface area contributed by atoms with Crippen molar-refractivity contribution in [3.05, 3.63) is 52.4 Å². The SMILES string of the molecule is CCN(Cc1ccccn1)c1ccc(Br)c(C)n1. The largest absolute Gasteiger partial charge is 0.351 e. The van der Waals surface area contributed by atoms with Crippen molar-refractivity contribution in [2.45, 2.75) is 20.4 Å². The number of hydrogen-bond donors (Lipinski definition) is 0. The summed E-state index contributed by atoms with van der Waals surface area (Å²) in [5.74, 6) is 0.990. The Hall–Kier alpha value is -1.42. The molecule has 94 valence electrons. The molecule has 3 nitrogen and oxygen atoms in total. The highest BCUT2D eigenvalue weighted by Gasteiger charge is 2.08. The van der Waals surface area contributed by atoms with Crippen LogP contribution in [0.1, 0.15) is 18.3 Å². The van der Waals surface area contributed by atoms with Crippen molar-refractivity contribution >= 4 is 21.7 Å². The van der Waals surface area contributed by atoms with Gasteiger partial charge < -0.3 is 4.90 Å². The van der Waals surface area contributed by atoms with Gasteiger partial charge in [0.1, 0.15) is 5.82 Å². The normalized spacial score (nSPS) is 10.4. The predicted molar refractivity (Wildman–Crippen MR) is 77.6 cm³/mol. The van der Waals surface area contributed by atoms with Crippen LogP contribution in [0.15, 0.2) is 41.0 Å². The maximum absolute atomic E-state index is 4.59. The molecule has 0 unspecified atom stereocenters. The van der Waals surface area contributed by atoms with Crippen LogP contribution in [0, 0.1) is 6.92 Å². The summed E-state index contributed by atoms with van der Waals surface area (Å²) in [4.78, 5) is 11.2. The Labute approximate surface area is 116 Å². The molecule has 0 aliphatic heterocycles. The third-order valence-corrected chi connectivity index (χ3v) is 3.63. The average Bonchev–Trinajstić information content (AvgIpc) is 2.40. The topological polar surface area (TPSA) is 29.0 Å². The molecule has 2 heterocycles. The van der Waals surface area contributed by atoms with E-state index in [1.165, 1.54) is 0 Å². The highest BCUT2D eigenvalue weighted by molar-refractivity contribution is 9.10. The van der Waals surface area contributed by atoms with Gasteiger partial charge in [-0.3, -0.25) is 4.98 Å². The van der Waals surface area contributed by atoms with Gasteiger partial charge in [0.05, 0.1) is 17.9 Å². The van der Waals surface area contributed by atoms with Crippen LogP contribution in [0.4, 0.5) is 5.82 Å². The first kappa shape index (κ1) is 13.0. The lowest BCUT2D eigenvalue weighted by Crippen LogP contribution is -2.23. The van der Waals surface area contributed by atoms with Gasteiger partial charge in [-0.15, -0.1) is 0 Å². The fourth-order valence-corrected chi connectivity index (χ4v) is 1.97. The molecule has 2 aromatic heterocycles. The van der Waals surface area contributed by atoms with Crippen LogP contribution in [0.3, 0.4) is 0 Å². The van der Waals surface area contributed by atoms with Gasteiger partial charge in [-0.25, -0.2) is 4.98 Å². The summed E-state index contributed by atoms with van der Waals surface area (Å²) in [7, 11) is 0. The summed E-state index contributed by atoms with van der Waals surface area (Å²) in [5, 5.41) is 0. The Morgan fingerprint density at radius 3 is 2.67 bits per heavy atom. The summed E-state index contributed by atoms with van der Waals surface area (Å²) in [6.07, 6.45) is 1.82. The quantitative estimate of drug-likeness (QED) is 0.864. The van der Waals surface area contributed by atoms with Gasteiger partial charge in [0.2, 0.25) is 0 Å². The number of nitrogens with zero attached hydrogens (tertiary/aromatic N) is 3. The van der Waals surface area contributed by atoms with Crippen molar-refractivity contribution in [1.29, 1.82) is 0 Å². The Kier molecular flexibility index (Phi) is 4.31. The fourth-order valence-electron chi connectivity index (χ4n) is 1.75. The summed E-state index contributed by atoms with van der Waals surface area (Å²) in [6, 6.07) is 10.1. The van der Waals surface area contributed by atoms with E-state index < -0.39 is 0 Å². The molecular formula is C14H16BrN3. The molecular weight excluding hydrogens is 290 g/mol. The van der Waals surface area contributed by atoms with Gasteiger partial charge in [-0.1, -0.05) is 6.07 Å². The van der Waals surface area contributed by atoms with E-state index in [4.69, 9.17) is 0 Å². The van der Waals surface area contributed by atoms with E-state index in [-0.39, 0.29) is 0 Å². The zero-order chi connectivity index (χ0) is 13.0. The number of pyridine rings is 2. The monoisotopic (exact) mass is 305 g/mol. The first-order chi connectivity index (χ1) is 8.70. The molecule has 0 aliphatic rings. The van der Waals surface area contributed by atoms with Crippen molar-refractivity contribution in [1.82, 2.24) is 9.97 Å². The maximum atomic E-state index is 4.59. The van der Waals surface area contributed by atoms with Crippen LogP contribution in [-0.4, -0.2) is 16.5 Å². The Morgan fingerprint density at radius 1 is 1.22 bits per heavy atom. The van der Waals surface area contributed by atoms with E-state index in [0.717, 1.165) is 34.8 Å². The minimum absolute atomic E-state index is 0.783. The average molecular weight is 306 g/mol. The molecule has 0 radical (unpaired) electrons. The molecule has 0 aliphatic carbocycles. The minimum atomic E-state index is 0.783. The van der Waals surface area contributed by atoms with E-state index in [2.05, 4.69) is 37.7 Å². The van der Waals surface area contributed by atoms with E-state index in [0.29, 0.717) is 0 Å². The number of halogens is 1. The molecule has 0 N–H and O–H groups in total. The molecule has 2 rings (SSSR count). The van der Waals surface area contributed by atoms with Gasteiger partial charge in [0.25, 0.3) is 0 Å². The van der Waals surface area contributed by atoms with Gasteiger partial charge >= 0.3 is 0 Å². The molecule has 0 saturated heterocycles. The molecule has 4 heteroatoms. The molecule has 0 amide bonds. The van der Waals surface area contributed by atoms with Crippen LogP contribution in [0.25, 0.3) is 0 Å². The molecule has 0 fully saturated rings. The minimum Gasteiger partial charge on any atom is -0.351 e. The number of hydrogen-bond acceptors (Lipinski definition) is 3. The number of aryl methyl sites for hydroxylation is 1. The van der Waals surface area contributed by atoms with Crippen molar-refractivity contribution in [3.8, 4) is 0 Å². The molecule has 0 bridgehead atoms. The zero-order valence-electron chi connectivity index (χ0n) is 10.6. The van der Waals surface area contributed by atoms with Crippen molar-refractivity contribution < 1.29 is 0 Å². The molecule has 2 aromatic rings. The number of anilines is 1. The van der Waals surface area contributed by atoms with Crippen molar-refractivity contribution in [3.63, 3.8) is 0 Å². The lowest BCUT2D eigenvalue weighted by atomic mass is 10.3. The first-order valence-corrected chi connectivity index (χ1v) is 6.78. The molecule has 0 spiro atoms. The van der Waals surface area contributed by atoms with E-state index in [1.807, 2.05) is 43.5 Å². The van der Waals surface area contributed by atoms with Gasteiger partial charge in [0, 0.05) is 17.2 Å². The lowest BCUT2D eigenvalue weighted by molar-refractivity contribution is 0.791. The third kappa shape index (κ3) is 3.07. The summed E-state index contributed by atoms with van der Waals surface area (Å²) in [6.45, 7) is 5.82. The first-order valence-electron chi connectivity index (χ1n) is 5.98. The summed E-state index contributed by atoms with van der Waals surface area (Å²) >= 11 is 3.47. The van der Waals surface area contributed by atoms with Crippen LogP contribution < -0.4 is 4.90 Å². The summed E-state index contributed by atoms with van der Waals surface area (Å²) in [5.41, 5.74) is 2.06. The van der Waals surface area contributed by atoms with Crippen LogP contribution in [-0.2, 0) is 6.54 Å². The third-order valence-electron chi connectivity index (χ3n) is 2.79. The van der Waals surface area contributed by atoms with E-state index in [1.54, 1.807) is 0 Å². The second-order valence-corrected chi connectivity index (χ2v) is 4.93. The molecule has 0 saturated carbocycles. The zero-order valence-corrected chi connectivity index (χ0v) is 12.2. The van der Waals surface area contributed by atoms with Crippen LogP contribution in [0.2, 0.25) is 0 Å². The smallest absolute Gasteiger partial charge is 0.129 e. The lowest BCUT2D eigenvalue weighted by Gasteiger charge is -2.22. The summed E-state index contributed by atoms with van der Waals surface area (Å²) < 4.78 is 1.04. The second kappa shape index (κ2) is 5.96. The van der Waals surface area contributed by atoms with Gasteiger partial charge in [0.15, 0.2) is 0 Å². The Bertz CT molecular complexity index is 514. The van der Waals surface area contributed by atoms with E-state index in [9.17, 15) is 0 Å². The van der Waals surface area contributed by atoms with Crippen molar-refractivity contribution in [2.75, 3.05) is 11.4 Å². The molecule has 0 aromatic carbocycles. The second-order valence-electron chi connectivity index (χ2n) is 4.07. The predicted octanol–water partition coefficient (Wildman–Crippen LogP) is 3.57. The Morgan fingerprint density at radius 2 is 2.06 bits per heavy atom. The Balaban J connectivity index is 2.20. The maximum Gasteiger partial charge on any atom is 0.129 e. The highest BCUT2D eigenvalue weighted by atomic mass is 79.9. The number of rotatable bonds is 4. The number of aromatic nitrogens is 2. The van der Waals surface area contributed by atoms with Gasteiger partial charge in [-0.2, -0.15) is 0 Å². The standard InChI is InChI=1S/C14H16BrN3/c1-3-18(10-12-6-4-5-9-16-12)14-8-7-13(15)11(2)17-14/h4-9H,3,10H2,1-2H3. The molecule has 0 atom stereocenters. The van der Waals surface area contributed by atoms with Gasteiger partial charge in [-0.05, 0) is 54.0 Å². The molecule has 18 heavy (non-hydrogen) atoms. The van der Waals surface area contributed by atoms with Crippen molar-refractivity contribution in [2.24, 2.45) is 0 Å². The van der Waals surface area contributed by atoms with E-state index >= 15 is 0 Å². The highest BCUT2D eigenvalue weighted by Crippen LogP contribution is 2.20. The van der Waals surface area contributed by atoms with Crippen LogP contribution in [0.5, 0.6) is 0 Å². The fraction of sp³-hybridized carbons (Fsp3) is 0.286.